The fraction of sp³-hybridized carbons (Fsp3) is 0.800. The zero-order chi connectivity index (χ0) is 11.5. The van der Waals surface area contributed by atoms with E-state index < -0.39 is 12.0 Å². The Labute approximate surface area is 98.6 Å². The van der Waals surface area contributed by atoms with Crippen LogP contribution < -0.4 is 5.32 Å². The fourth-order valence-corrected chi connectivity index (χ4v) is 2.87. The first-order chi connectivity index (χ1) is 7.68. The monoisotopic (exact) mass is 244 g/mol. The summed E-state index contributed by atoms with van der Waals surface area (Å²) in [7, 11) is 0. The Hall–Kier alpha value is -0.750. The molecular weight excluding hydrogens is 228 g/mol. The van der Waals surface area contributed by atoms with Gasteiger partial charge in [-0.1, -0.05) is 0 Å². The van der Waals surface area contributed by atoms with Crippen molar-refractivity contribution in [2.75, 3.05) is 24.7 Å². The van der Waals surface area contributed by atoms with Crippen molar-refractivity contribution in [3.05, 3.63) is 0 Å². The third kappa shape index (κ3) is 2.89. The second kappa shape index (κ2) is 5.05. The van der Waals surface area contributed by atoms with Crippen LogP contribution in [-0.2, 0) is 9.59 Å². The fourth-order valence-electron chi connectivity index (χ4n) is 1.70. The summed E-state index contributed by atoms with van der Waals surface area (Å²) in [6.07, 6.45) is 2.50. The highest BCUT2D eigenvalue weighted by atomic mass is 32.2. The molecule has 2 N–H and O–H groups in total. The number of aliphatic carboxylic acids is 1. The van der Waals surface area contributed by atoms with Crippen LogP contribution in [0.5, 0.6) is 0 Å². The molecule has 0 aromatic rings. The number of nitrogens with one attached hydrogen (secondary N) is 1. The van der Waals surface area contributed by atoms with E-state index >= 15 is 0 Å². The van der Waals surface area contributed by atoms with Crippen LogP contribution in [0, 0.1) is 5.92 Å². The summed E-state index contributed by atoms with van der Waals surface area (Å²) in [6.45, 7) is 1.14. The highest BCUT2D eigenvalue weighted by Gasteiger charge is 2.34. The molecule has 2 fully saturated rings. The Balaban J connectivity index is 1.75. The number of amides is 1. The minimum absolute atomic E-state index is 0.0990. The van der Waals surface area contributed by atoms with E-state index in [1.165, 1.54) is 29.5 Å². The molecule has 0 radical (unpaired) electrons. The van der Waals surface area contributed by atoms with Crippen LogP contribution in [0.25, 0.3) is 0 Å². The molecule has 90 valence electrons. The van der Waals surface area contributed by atoms with Crippen molar-refractivity contribution in [3.8, 4) is 0 Å². The highest BCUT2D eigenvalue weighted by Crippen LogP contribution is 2.27. The molecule has 1 aliphatic heterocycles. The number of hydrogen-bond acceptors (Lipinski definition) is 4. The van der Waals surface area contributed by atoms with Crippen molar-refractivity contribution in [2.45, 2.75) is 18.9 Å². The molecule has 0 aromatic heterocycles. The second-order valence-electron chi connectivity index (χ2n) is 4.29. The first kappa shape index (κ1) is 11.7. The van der Waals surface area contributed by atoms with Gasteiger partial charge in [-0.3, -0.25) is 4.79 Å². The van der Waals surface area contributed by atoms with Gasteiger partial charge in [0.05, 0.1) is 12.4 Å². The standard InChI is InChI=1S/C10H16N2O3S/c13-9(4-11-3-7-1-2-7)12-6-16-5-8(12)10(14)15/h7-8,11H,1-6H2,(H,14,15). The SMILES string of the molecule is O=C(O)C1CSCN1C(=O)CNCC1CC1. The number of carbonyl (C=O) groups is 2. The lowest BCUT2D eigenvalue weighted by atomic mass is 10.3. The minimum atomic E-state index is -0.902. The van der Waals surface area contributed by atoms with Gasteiger partial charge in [-0.05, 0) is 25.3 Å². The van der Waals surface area contributed by atoms with Crippen molar-refractivity contribution >= 4 is 23.6 Å². The van der Waals surface area contributed by atoms with Gasteiger partial charge in [0.25, 0.3) is 0 Å². The van der Waals surface area contributed by atoms with Gasteiger partial charge < -0.3 is 15.3 Å². The Kier molecular flexibility index (Phi) is 3.70. The maximum Gasteiger partial charge on any atom is 0.327 e. The van der Waals surface area contributed by atoms with E-state index in [-0.39, 0.29) is 12.5 Å². The quantitative estimate of drug-likeness (QED) is 0.711. The molecule has 1 heterocycles. The van der Waals surface area contributed by atoms with Gasteiger partial charge in [0, 0.05) is 5.75 Å². The smallest absolute Gasteiger partial charge is 0.327 e. The van der Waals surface area contributed by atoms with E-state index in [2.05, 4.69) is 5.32 Å². The molecule has 1 atom stereocenters. The maximum atomic E-state index is 11.7. The van der Waals surface area contributed by atoms with Gasteiger partial charge in [-0.2, -0.15) is 0 Å². The molecule has 5 nitrogen and oxygen atoms in total. The molecule has 1 amide bonds. The van der Waals surface area contributed by atoms with Gasteiger partial charge in [-0.25, -0.2) is 4.79 Å². The number of nitrogens with zero attached hydrogens (tertiary/aromatic N) is 1. The normalized spacial score (nSPS) is 24.8. The molecular formula is C10H16N2O3S. The largest absolute Gasteiger partial charge is 0.480 e. The Morgan fingerprint density at radius 3 is 2.81 bits per heavy atom. The Bertz CT molecular complexity index is 294. The average Bonchev–Trinajstić information content (AvgIpc) is 2.93. The van der Waals surface area contributed by atoms with Gasteiger partial charge in [0.2, 0.25) is 5.91 Å². The molecule has 16 heavy (non-hydrogen) atoms. The Morgan fingerprint density at radius 2 is 2.19 bits per heavy atom. The van der Waals surface area contributed by atoms with E-state index in [4.69, 9.17) is 5.11 Å². The highest BCUT2D eigenvalue weighted by molar-refractivity contribution is 7.99. The van der Waals surface area contributed by atoms with Crippen LogP contribution in [-0.4, -0.2) is 52.6 Å². The molecule has 1 saturated carbocycles. The van der Waals surface area contributed by atoms with E-state index in [1.54, 1.807) is 0 Å². The maximum absolute atomic E-state index is 11.7. The zero-order valence-corrected chi connectivity index (χ0v) is 9.83. The topological polar surface area (TPSA) is 69.6 Å². The lowest BCUT2D eigenvalue weighted by Gasteiger charge is -2.20. The first-order valence-corrected chi connectivity index (χ1v) is 6.64. The van der Waals surface area contributed by atoms with Crippen molar-refractivity contribution < 1.29 is 14.7 Å². The van der Waals surface area contributed by atoms with E-state index in [0.29, 0.717) is 11.6 Å². The molecule has 0 bridgehead atoms. The van der Waals surface area contributed by atoms with Crippen LogP contribution in [0.15, 0.2) is 0 Å². The van der Waals surface area contributed by atoms with Crippen molar-refractivity contribution in [1.82, 2.24) is 10.2 Å². The predicted octanol–water partition coefficient (Wildman–Crippen LogP) is -0.0279. The summed E-state index contributed by atoms with van der Waals surface area (Å²) >= 11 is 1.50. The zero-order valence-electron chi connectivity index (χ0n) is 9.02. The molecule has 0 aromatic carbocycles. The van der Waals surface area contributed by atoms with Gasteiger partial charge >= 0.3 is 5.97 Å². The molecule has 1 aliphatic carbocycles. The lowest BCUT2D eigenvalue weighted by molar-refractivity contribution is -0.147. The molecule has 2 rings (SSSR count). The number of carbonyl (C=O) groups excluding carboxylic acids is 1. The molecule has 0 spiro atoms. The van der Waals surface area contributed by atoms with Crippen LogP contribution in [0.1, 0.15) is 12.8 Å². The molecule has 6 heteroatoms. The van der Waals surface area contributed by atoms with Gasteiger partial charge in [-0.15, -0.1) is 11.8 Å². The van der Waals surface area contributed by atoms with Crippen LogP contribution in [0.3, 0.4) is 0 Å². The Morgan fingerprint density at radius 1 is 1.44 bits per heavy atom. The average molecular weight is 244 g/mol. The molecule has 1 saturated heterocycles. The summed E-state index contributed by atoms with van der Waals surface area (Å²) in [5, 5.41) is 12.0. The van der Waals surface area contributed by atoms with Crippen molar-refractivity contribution in [2.24, 2.45) is 5.92 Å². The van der Waals surface area contributed by atoms with Crippen LogP contribution >= 0.6 is 11.8 Å². The third-order valence-corrected chi connectivity index (χ3v) is 3.91. The predicted molar refractivity (Wildman–Crippen MR) is 61.2 cm³/mol. The number of thioether (sulfide) groups is 1. The van der Waals surface area contributed by atoms with Crippen molar-refractivity contribution in [3.63, 3.8) is 0 Å². The first-order valence-electron chi connectivity index (χ1n) is 5.49. The number of carboxylic acids is 1. The van der Waals surface area contributed by atoms with Gasteiger partial charge in [0.1, 0.15) is 6.04 Å². The van der Waals surface area contributed by atoms with E-state index in [1.807, 2.05) is 0 Å². The lowest BCUT2D eigenvalue weighted by Crippen LogP contribution is -2.45. The summed E-state index contributed by atoms with van der Waals surface area (Å²) in [5.74, 6) is 0.736. The number of rotatable bonds is 5. The summed E-state index contributed by atoms with van der Waals surface area (Å²) in [4.78, 5) is 24.1. The van der Waals surface area contributed by atoms with Crippen LogP contribution in [0.4, 0.5) is 0 Å². The third-order valence-electron chi connectivity index (χ3n) is 2.89. The minimum Gasteiger partial charge on any atom is -0.480 e. The number of hydrogen-bond donors (Lipinski definition) is 2. The van der Waals surface area contributed by atoms with Gasteiger partial charge in [0.15, 0.2) is 0 Å². The summed E-state index contributed by atoms with van der Waals surface area (Å²) in [5.41, 5.74) is 0. The molecule has 1 unspecified atom stereocenters. The second-order valence-corrected chi connectivity index (χ2v) is 5.29. The summed E-state index contributed by atoms with van der Waals surface area (Å²) < 4.78 is 0. The van der Waals surface area contributed by atoms with Crippen molar-refractivity contribution in [1.29, 1.82) is 0 Å². The van der Waals surface area contributed by atoms with E-state index in [9.17, 15) is 9.59 Å². The molecule has 2 aliphatic rings. The summed E-state index contributed by atoms with van der Waals surface area (Å²) in [6, 6.07) is -0.639. The van der Waals surface area contributed by atoms with E-state index in [0.717, 1.165) is 12.5 Å². The van der Waals surface area contributed by atoms with Crippen LogP contribution in [0.2, 0.25) is 0 Å². The number of carboxylic acid groups (broad SMARTS) is 1.